The van der Waals surface area contributed by atoms with Crippen LogP contribution in [0.5, 0.6) is 0 Å². The highest BCUT2D eigenvalue weighted by Crippen LogP contribution is 2.31. The van der Waals surface area contributed by atoms with Gasteiger partial charge in [0.1, 0.15) is 11.2 Å². The van der Waals surface area contributed by atoms with Gasteiger partial charge in [-0.3, -0.25) is 15.1 Å². The van der Waals surface area contributed by atoms with E-state index in [1.54, 1.807) is 18.7 Å². The fourth-order valence-electron chi connectivity index (χ4n) is 4.24. The van der Waals surface area contributed by atoms with Crippen LogP contribution in [-0.2, 0) is 6.54 Å². The number of aromatic amines is 2. The number of rotatable bonds is 5. The van der Waals surface area contributed by atoms with Gasteiger partial charge < -0.3 is 14.5 Å². The van der Waals surface area contributed by atoms with Crippen LogP contribution in [0.2, 0.25) is 0 Å². The Morgan fingerprint density at radius 3 is 2.68 bits per heavy atom. The predicted octanol–water partition coefficient (Wildman–Crippen LogP) is 4.12. The van der Waals surface area contributed by atoms with E-state index >= 15 is 0 Å². The molecular formula is C25H23N9. The standard InChI is InChI=1S/C25H23N9/c1-15-12-34(14-28-15)22-11-27-10-21-24(22)30-25(29-21)23-19-7-17(4-5-20(19)31-32-23)18-6-16(8-26-9-18)13-33(2)3/h4-12,14H,13H2,1-3H3,(H,29,30)(H,31,32). The van der Waals surface area contributed by atoms with Gasteiger partial charge in [-0.05, 0) is 50.3 Å². The van der Waals surface area contributed by atoms with Gasteiger partial charge in [0.15, 0.2) is 5.82 Å². The van der Waals surface area contributed by atoms with Crippen molar-refractivity contribution < 1.29 is 0 Å². The largest absolute Gasteiger partial charge is 0.335 e. The zero-order valence-electron chi connectivity index (χ0n) is 19.1. The van der Waals surface area contributed by atoms with E-state index in [1.807, 2.05) is 36.1 Å². The molecule has 0 aliphatic heterocycles. The van der Waals surface area contributed by atoms with Crippen molar-refractivity contribution in [3.63, 3.8) is 0 Å². The Hall–Kier alpha value is -4.37. The molecule has 5 heterocycles. The second-order valence-corrected chi connectivity index (χ2v) is 8.71. The minimum atomic E-state index is 0.684. The zero-order chi connectivity index (χ0) is 23.2. The summed E-state index contributed by atoms with van der Waals surface area (Å²) in [6.45, 7) is 2.80. The smallest absolute Gasteiger partial charge is 0.159 e. The highest BCUT2D eigenvalue weighted by molar-refractivity contribution is 5.96. The molecule has 9 heteroatoms. The van der Waals surface area contributed by atoms with Crippen LogP contribution in [-0.4, -0.2) is 58.7 Å². The molecule has 0 bridgehead atoms. The third kappa shape index (κ3) is 3.52. The first-order valence-corrected chi connectivity index (χ1v) is 11.0. The van der Waals surface area contributed by atoms with Crippen molar-refractivity contribution in [2.75, 3.05) is 14.1 Å². The molecule has 34 heavy (non-hydrogen) atoms. The van der Waals surface area contributed by atoms with Crippen LogP contribution in [0.3, 0.4) is 0 Å². The third-order valence-corrected chi connectivity index (χ3v) is 5.78. The number of benzene rings is 1. The minimum Gasteiger partial charge on any atom is -0.335 e. The Bertz CT molecular complexity index is 1640. The molecule has 0 saturated carbocycles. The Kier molecular flexibility index (Phi) is 4.70. The molecule has 0 aliphatic rings. The van der Waals surface area contributed by atoms with E-state index in [4.69, 9.17) is 4.98 Å². The lowest BCUT2D eigenvalue weighted by Gasteiger charge is -2.10. The number of fused-ring (bicyclic) bond motifs is 2. The molecule has 6 aromatic rings. The van der Waals surface area contributed by atoms with Crippen molar-refractivity contribution in [1.82, 2.24) is 44.6 Å². The van der Waals surface area contributed by atoms with E-state index < -0.39 is 0 Å². The van der Waals surface area contributed by atoms with Crippen LogP contribution in [0.15, 0.2) is 61.6 Å². The van der Waals surface area contributed by atoms with Crippen LogP contribution in [0.1, 0.15) is 11.3 Å². The molecule has 0 unspecified atom stereocenters. The van der Waals surface area contributed by atoms with E-state index in [0.29, 0.717) is 5.82 Å². The van der Waals surface area contributed by atoms with Crippen LogP contribution >= 0.6 is 0 Å². The number of pyridine rings is 2. The molecular weight excluding hydrogens is 426 g/mol. The summed E-state index contributed by atoms with van der Waals surface area (Å²) in [5, 5.41) is 8.70. The molecule has 2 N–H and O–H groups in total. The zero-order valence-corrected chi connectivity index (χ0v) is 19.1. The number of hydrogen-bond acceptors (Lipinski definition) is 6. The fraction of sp³-hybridized carbons (Fsp3) is 0.160. The number of H-pyrrole nitrogens is 2. The van der Waals surface area contributed by atoms with Crippen LogP contribution in [0, 0.1) is 6.92 Å². The first kappa shape index (κ1) is 20.3. The Labute approximate surface area is 195 Å². The number of aromatic nitrogens is 8. The normalized spacial score (nSPS) is 11.8. The molecule has 5 aromatic heterocycles. The molecule has 0 saturated heterocycles. The monoisotopic (exact) mass is 449 g/mol. The fourth-order valence-corrected chi connectivity index (χ4v) is 4.24. The third-order valence-electron chi connectivity index (χ3n) is 5.78. The van der Waals surface area contributed by atoms with E-state index in [1.165, 1.54) is 5.56 Å². The lowest BCUT2D eigenvalue weighted by atomic mass is 10.0. The molecule has 0 spiro atoms. The van der Waals surface area contributed by atoms with Crippen molar-refractivity contribution in [3.05, 3.63) is 72.8 Å². The second-order valence-electron chi connectivity index (χ2n) is 8.71. The van der Waals surface area contributed by atoms with Crippen LogP contribution < -0.4 is 0 Å². The SMILES string of the molecule is Cc1cn(-c2cncc3[nH]c(-c4n[nH]c5ccc(-c6cncc(CN(C)C)c6)cc45)nc23)cn1. The second kappa shape index (κ2) is 7.89. The summed E-state index contributed by atoms with van der Waals surface area (Å²) < 4.78 is 1.93. The topological polar surface area (TPSA) is 104 Å². The molecule has 9 nitrogen and oxygen atoms in total. The maximum Gasteiger partial charge on any atom is 0.159 e. The number of nitrogens with zero attached hydrogens (tertiary/aromatic N) is 7. The molecule has 0 radical (unpaired) electrons. The molecule has 0 fully saturated rings. The van der Waals surface area contributed by atoms with E-state index in [-0.39, 0.29) is 0 Å². The van der Waals surface area contributed by atoms with E-state index in [0.717, 1.165) is 56.7 Å². The molecule has 168 valence electrons. The van der Waals surface area contributed by atoms with Crippen molar-refractivity contribution in [1.29, 1.82) is 0 Å². The summed E-state index contributed by atoms with van der Waals surface area (Å²) in [5.41, 5.74) is 8.48. The van der Waals surface area contributed by atoms with E-state index in [9.17, 15) is 0 Å². The molecule has 1 aromatic carbocycles. The van der Waals surface area contributed by atoms with Gasteiger partial charge in [0.05, 0.1) is 41.1 Å². The quantitative estimate of drug-likeness (QED) is 0.410. The highest BCUT2D eigenvalue weighted by atomic mass is 15.1. The molecule has 0 aliphatic carbocycles. The van der Waals surface area contributed by atoms with Gasteiger partial charge in [-0.1, -0.05) is 6.07 Å². The van der Waals surface area contributed by atoms with Crippen molar-refractivity contribution in [3.8, 4) is 28.3 Å². The number of hydrogen-bond donors (Lipinski definition) is 2. The lowest BCUT2D eigenvalue weighted by Crippen LogP contribution is -2.10. The molecule has 6 rings (SSSR count). The summed E-state index contributed by atoms with van der Waals surface area (Å²) in [6.07, 6.45) is 11.1. The number of imidazole rings is 2. The summed E-state index contributed by atoms with van der Waals surface area (Å²) in [6, 6.07) is 8.45. The summed E-state index contributed by atoms with van der Waals surface area (Å²) in [5.74, 6) is 0.684. The van der Waals surface area contributed by atoms with Gasteiger partial charge in [0.25, 0.3) is 0 Å². The van der Waals surface area contributed by atoms with Gasteiger partial charge in [0, 0.05) is 36.1 Å². The average molecular weight is 450 g/mol. The van der Waals surface area contributed by atoms with E-state index in [2.05, 4.69) is 67.3 Å². The first-order chi connectivity index (χ1) is 16.5. The van der Waals surface area contributed by atoms with Gasteiger partial charge >= 0.3 is 0 Å². The Morgan fingerprint density at radius 1 is 0.971 bits per heavy atom. The maximum atomic E-state index is 4.90. The molecule has 0 atom stereocenters. The predicted molar refractivity (Wildman–Crippen MR) is 131 cm³/mol. The van der Waals surface area contributed by atoms with Crippen molar-refractivity contribution >= 4 is 21.9 Å². The maximum absolute atomic E-state index is 4.90. The van der Waals surface area contributed by atoms with Crippen molar-refractivity contribution in [2.24, 2.45) is 0 Å². The van der Waals surface area contributed by atoms with Crippen LogP contribution in [0.4, 0.5) is 0 Å². The average Bonchev–Trinajstić information content (AvgIpc) is 3.55. The summed E-state index contributed by atoms with van der Waals surface area (Å²) in [4.78, 5) is 23.6. The van der Waals surface area contributed by atoms with Gasteiger partial charge in [-0.2, -0.15) is 5.10 Å². The van der Waals surface area contributed by atoms with Gasteiger partial charge in [-0.15, -0.1) is 0 Å². The number of aryl methyl sites for hydroxylation is 1. The van der Waals surface area contributed by atoms with Crippen molar-refractivity contribution in [2.45, 2.75) is 13.5 Å². The summed E-state index contributed by atoms with van der Waals surface area (Å²) >= 11 is 0. The van der Waals surface area contributed by atoms with Gasteiger partial charge in [0.2, 0.25) is 0 Å². The Balaban J connectivity index is 1.45. The van der Waals surface area contributed by atoms with Gasteiger partial charge in [-0.25, -0.2) is 9.97 Å². The summed E-state index contributed by atoms with van der Waals surface area (Å²) in [7, 11) is 4.11. The minimum absolute atomic E-state index is 0.684. The van der Waals surface area contributed by atoms with Crippen LogP contribution in [0.25, 0.3) is 50.3 Å². The lowest BCUT2D eigenvalue weighted by molar-refractivity contribution is 0.402. The number of nitrogens with one attached hydrogen (secondary N) is 2. The Morgan fingerprint density at radius 2 is 1.85 bits per heavy atom. The first-order valence-electron chi connectivity index (χ1n) is 11.0. The molecule has 0 amide bonds. The highest BCUT2D eigenvalue weighted by Gasteiger charge is 2.16.